The molecule has 1 aliphatic rings. The SMILES string of the molecule is Cc1cc(C(C(=O)N2CCCC2C(=O)NCc2ccc(-c3scnc3C)cc2C)C(C)C)on1. The molecule has 8 heteroatoms. The molecule has 0 spiro atoms. The van der Waals surface area contributed by atoms with Crippen molar-refractivity contribution >= 4 is 23.2 Å². The Bertz CT molecular complexity index is 1180. The lowest BCUT2D eigenvalue weighted by molar-refractivity contribution is -0.140. The average molecular weight is 481 g/mol. The fraction of sp³-hybridized carbons (Fsp3) is 0.462. The van der Waals surface area contributed by atoms with Gasteiger partial charge in [0, 0.05) is 19.2 Å². The summed E-state index contributed by atoms with van der Waals surface area (Å²) < 4.78 is 5.43. The zero-order valence-corrected chi connectivity index (χ0v) is 21.2. The van der Waals surface area contributed by atoms with Gasteiger partial charge in [0.2, 0.25) is 11.8 Å². The number of amides is 2. The first kappa shape index (κ1) is 24.1. The van der Waals surface area contributed by atoms with Crippen LogP contribution in [0.4, 0.5) is 0 Å². The second-order valence-corrected chi connectivity index (χ2v) is 10.3. The molecule has 0 bridgehead atoms. The number of rotatable bonds is 7. The van der Waals surface area contributed by atoms with Crippen LogP contribution < -0.4 is 5.32 Å². The highest BCUT2D eigenvalue weighted by molar-refractivity contribution is 7.13. The third kappa shape index (κ3) is 4.92. The van der Waals surface area contributed by atoms with Gasteiger partial charge in [-0.25, -0.2) is 4.98 Å². The molecule has 0 aliphatic carbocycles. The molecule has 1 aliphatic heterocycles. The summed E-state index contributed by atoms with van der Waals surface area (Å²) >= 11 is 1.63. The fourth-order valence-corrected chi connectivity index (χ4v) is 5.46. The molecule has 0 radical (unpaired) electrons. The number of nitrogens with one attached hydrogen (secondary N) is 1. The summed E-state index contributed by atoms with van der Waals surface area (Å²) in [6.07, 6.45) is 1.48. The van der Waals surface area contributed by atoms with E-state index in [0.29, 0.717) is 25.3 Å². The summed E-state index contributed by atoms with van der Waals surface area (Å²) in [5.74, 6) is -0.0179. The number of aryl methyl sites for hydroxylation is 3. The Kier molecular flexibility index (Phi) is 7.16. The van der Waals surface area contributed by atoms with Gasteiger partial charge in [0.1, 0.15) is 17.7 Å². The van der Waals surface area contributed by atoms with Crippen LogP contribution in [-0.2, 0) is 16.1 Å². The minimum Gasteiger partial charge on any atom is -0.360 e. The quantitative estimate of drug-likeness (QED) is 0.526. The van der Waals surface area contributed by atoms with Crippen LogP contribution in [-0.4, -0.2) is 39.4 Å². The summed E-state index contributed by atoms with van der Waals surface area (Å²) in [4.78, 5) is 33.8. The maximum absolute atomic E-state index is 13.5. The normalized spacial score (nSPS) is 16.8. The number of carbonyl (C=O) groups excluding carboxylic acids is 2. The maximum Gasteiger partial charge on any atom is 0.243 e. The number of hydrogen-bond acceptors (Lipinski definition) is 6. The van der Waals surface area contributed by atoms with E-state index in [0.717, 1.165) is 34.5 Å². The molecule has 3 heterocycles. The van der Waals surface area contributed by atoms with E-state index in [1.807, 2.05) is 39.3 Å². The summed E-state index contributed by atoms with van der Waals surface area (Å²) in [6, 6.07) is 7.63. The third-order valence-electron chi connectivity index (χ3n) is 6.53. The van der Waals surface area contributed by atoms with Crippen molar-refractivity contribution in [3.05, 3.63) is 58.1 Å². The number of benzene rings is 1. The van der Waals surface area contributed by atoms with Crippen molar-refractivity contribution in [2.45, 2.75) is 66.0 Å². The Morgan fingerprint density at radius 1 is 1.24 bits per heavy atom. The summed E-state index contributed by atoms with van der Waals surface area (Å²) in [5.41, 5.74) is 6.95. The zero-order valence-electron chi connectivity index (χ0n) is 20.4. The molecule has 0 saturated carbocycles. The van der Waals surface area contributed by atoms with E-state index in [4.69, 9.17) is 4.52 Å². The Balaban J connectivity index is 1.43. The van der Waals surface area contributed by atoms with Crippen LogP contribution in [0.5, 0.6) is 0 Å². The Morgan fingerprint density at radius 2 is 2.03 bits per heavy atom. The highest BCUT2D eigenvalue weighted by Crippen LogP contribution is 2.31. The van der Waals surface area contributed by atoms with Gasteiger partial charge in [0.05, 0.1) is 21.8 Å². The summed E-state index contributed by atoms with van der Waals surface area (Å²) in [6.45, 7) is 10.9. The van der Waals surface area contributed by atoms with E-state index in [1.54, 1.807) is 16.2 Å². The van der Waals surface area contributed by atoms with E-state index in [-0.39, 0.29) is 17.7 Å². The molecule has 1 saturated heterocycles. The van der Waals surface area contributed by atoms with Crippen LogP contribution in [0.25, 0.3) is 10.4 Å². The summed E-state index contributed by atoms with van der Waals surface area (Å²) in [7, 11) is 0. The highest BCUT2D eigenvalue weighted by Gasteiger charge is 2.39. The van der Waals surface area contributed by atoms with Gasteiger partial charge in [-0.15, -0.1) is 11.3 Å². The highest BCUT2D eigenvalue weighted by atomic mass is 32.1. The second kappa shape index (κ2) is 10.1. The number of aromatic nitrogens is 2. The first-order valence-electron chi connectivity index (χ1n) is 11.8. The lowest BCUT2D eigenvalue weighted by Gasteiger charge is -2.29. The number of nitrogens with zero attached hydrogens (tertiary/aromatic N) is 3. The van der Waals surface area contributed by atoms with Crippen molar-refractivity contribution in [3.8, 4) is 10.4 Å². The number of likely N-dealkylation sites (tertiary alicyclic amines) is 1. The molecule has 180 valence electrons. The van der Waals surface area contributed by atoms with Crippen molar-refractivity contribution in [1.29, 1.82) is 0 Å². The first-order chi connectivity index (χ1) is 16.3. The van der Waals surface area contributed by atoms with Gasteiger partial charge in [-0.05, 0) is 56.2 Å². The average Bonchev–Trinajstić information content (AvgIpc) is 3.53. The van der Waals surface area contributed by atoms with Crippen LogP contribution in [0, 0.1) is 26.7 Å². The van der Waals surface area contributed by atoms with E-state index >= 15 is 0 Å². The number of thiazole rings is 1. The van der Waals surface area contributed by atoms with E-state index < -0.39 is 12.0 Å². The van der Waals surface area contributed by atoms with Gasteiger partial charge in [0.25, 0.3) is 0 Å². The van der Waals surface area contributed by atoms with E-state index in [9.17, 15) is 9.59 Å². The van der Waals surface area contributed by atoms with Crippen LogP contribution in [0.3, 0.4) is 0 Å². The molecule has 4 rings (SSSR count). The number of hydrogen-bond donors (Lipinski definition) is 1. The molecular formula is C26H32N4O3S. The Labute approximate surface area is 204 Å². The monoisotopic (exact) mass is 480 g/mol. The van der Waals surface area contributed by atoms with Crippen LogP contribution in [0.2, 0.25) is 0 Å². The molecule has 1 N–H and O–H groups in total. The molecule has 3 aromatic rings. The van der Waals surface area contributed by atoms with Crippen molar-refractivity contribution in [2.75, 3.05) is 6.54 Å². The van der Waals surface area contributed by atoms with Crippen LogP contribution >= 0.6 is 11.3 Å². The smallest absolute Gasteiger partial charge is 0.243 e. The first-order valence-corrected chi connectivity index (χ1v) is 12.7. The largest absolute Gasteiger partial charge is 0.360 e. The molecule has 1 fully saturated rings. The van der Waals surface area contributed by atoms with Gasteiger partial charge in [-0.1, -0.05) is 37.2 Å². The molecule has 1 aromatic carbocycles. The van der Waals surface area contributed by atoms with Crippen molar-refractivity contribution < 1.29 is 14.1 Å². The van der Waals surface area contributed by atoms with E-state index in [1.165, 1.54) is 4.88 Å². The lowest BCUT2D eigenvalue weighted by Crippen LogP contribution is -2.47. The van der Waals surface area contributed by atoms with Crippen molar-refractivity contribution in [1.82, 2.24) is 20.4 Å². The molecule has 2 amide bonds. The molecule has 34 heavy (non-hydrogen) atoms. The van der Waals surface area contributed by atoms with Crippen molar-refractivity contribution in [3.63, 3.8) is 0 Å². The maximum atomic E-state index is 13.5. The predicted molar refractivity (Wildman–Crippen MR) is 132 cm³/mol. The topological polar surface area (TPSA) is 88.3 Å². The second-order valence-electron chi connectivity index (χ2n) is 9.41. The van der Waals surface area contributed by atoms with Crippen LogP contribution in [0.15, 0.2) is 34.3 Å². The van der Waals surface area contributed by atoms with E-state index in [2.05, 4.69) is 40.6 Å². The van der Waals surface area contributed by atoms with Gasteiger partial charge in [-0.2, -0.15) is 0 Å². The zero-order chi connectivity index (χ0) is 24.4. The molecular weight excluding hydrogens is 448 g/mol. The van der Waals surface area contributed by atoms with Gasteiger partial charge in [0.15, 0.2) is 0 Å². The number of carbonyl (C=O) groups is 2. The molecule has 2 unspecified atom stereocenters. The minimum atomic E-state index is -0.461. The molecule has 7 nitrogen and oxygen atoms in total. The molecule has 2 aromatic heterocycles. The standard InChI is InChI=1S/C26H32N4O3S/c1-15(2)23(22-12-17(4)29-33-22)26(32)30-10-6-7-21(30)25(31)27-13-20-9-8-19(11-16(20)3)24-18(5)28-14-34-24/h8-9,11-12,14-15,21,23H,6-7,10,13H2,1-5H3,(H,27,31). The lowest BCUT2D eigenvalue weighted by atomic mass is 9.91. The van der Waals surface area contributed by atoms with Gasteiger partial charge in [-0.3, -0.25) is 9.59 Å². The van der Waals surface area contributed by atoms with Gasteiger partial charge >= 0.3 is 0 Å². The summed E-state index contributed by atoms with van der Waals surface area (Å²) in [5, 5.41) is 7.02. The minimum absolute atomic E-state index is 0.0347. The Morgan fingerprint density at radius 3 is 2.65 bits per heavy atom. The van der Waals surface area contributed by atoms with Gasteiger partial charge < -0.3 is 14.7 Å². The third-order valence-corrected chi connectivity index (χ3v) is 7.50. The van der Waals surface area contributed by atoms with Crippen LogP contribution in [0.1, 0.15) is 60.9 Å². The Hall–Kier alpha value is -3.00. The van der Waals surface area contributed by atoms with Crippen molar-refractivity contribution in [2.24, 2.45) is 5.92 Å². The predicted octanol–water partition coefficient (Wildman–Crippen LogP) is 4.77. The fourth-order valence-electron chi connectivity index (χ4n) is 4.66. The molecule has 2 atom stereocenters.